The molecule has 5 heteroatoms. The number of aryl methyl sites for hydroxylation is 2. The molecule has 1 unspecified atom stereocenters. The Morgan fingerprint density at radius 3 is 2.58 bits per heavy atom. The molecule has 5 nitrogen and oxygen atoms in total. The third-order valence-electron chi connectivity index (χ3n) is 4.78. The van der Waals surface area contributed by atoms with E-state index >= 15 is 0 Å². The highest BCUT2D eigenvalue weighted by Crippen LogP contribution is 2.20. The average Bonchev–Trinajstić information content (AvgIpc) is 3.23. The molecule has 0 spiro atoms. The molecule has 0 saturated carbocycles. The molecule has 1 N–H and O–H groups in total. The number of likely N-dealkylation sites (tertiary alicyclic amines) is 1. The van der Waals surface area contributed by atoms with Crippen LogP contribution >= 0.6 is 0 Å². The average molecular weight is 326 g/mol. The first-order valence-electron chi connectivity index (χ1n) is 8.68. The number of nitrogens with zero attached hydrogens (tertiary/aromatic N) is 3. The maximum atomic E-state index is 12.4. The predicted octanol–water partition coefficient (Wildman–Crippen LogP) is 2.61. The number of hydrogen-bond donors (Lipinski definition) is 1. The molecule has 1 aromatic heterocycles. The van der Waals surface area contributed by atoms with Gasteiger partial charge in [-0.1, -0.05) is 29.8 Å². The highest BCUT2D eigenvalue weighted by Gasteiger charge is 2.20. The lowest BCUT2D eigenvalue weighted by Gasteiger charge is -2.23. The van der Waals surface area contributed by atoms with Crippen LogP contribution in [0.3, 0.4) is 0 Å². The lowest BCUT2D eigenvalue weighted by atomic mass is 10.1. The molecule has 1 aromatic carbocycles. The lowest BCUT2D eigenvalue weighted by molar-refractivity contribution is 0.0934. The zero-order valence-electron chi connectivity index (χ0n) is 14.7. The van der Waals surface area contributed by atoms with Crippen LogP contribution in [-0.4, -0.2) is 46.3 Å². The maximum absolute atomic E-state index is 12.4. The molecule has 1 aliphatic rings. The Hall–Kier alpha value is -2.14. The van der Waals surface area contributed by atoms with Gasteiger partial charge < -0.3 is 5.32 Å². The number of amides is 1. The molecule has 0 aliphatic carbocycles. The molecule has 2 heterocycles. The van der Waals surface area contributed by atoms with Crippen molar-refractivity contribution in [2.45, 2.75) is 32.7 Å². The summed E-state index contributed by atoms with van der Waals surface area (Å²) < 4.78 is 1.77. The number of nitrogens with one attached hydrogen (secondary N) is 1. The van der Waals surface area contributed by atoms with Crippen LogP contribution in [0.5, 0.6) is 0 Å². The fourth-order valence-electron chi connectivity index (χ4n) is 3.22. The third kappa shape index (κ3) is 3.67. The smallest absolute Gasteiger partial charge is 0.271 e. The highest BCUT2D eigenvalue weighted by atomic mass is 16.1. The van der Waals surface area contributed by atoms with Crippen molar-refractivity contribution in [3.8, 4) is 11.3 Å². The largest absolute Gasteiger partial charge is 0.349 e. The first-order chi connectivity index (χ1) is 11.5. The minimum absolute atomic E-state index is 0.102. The van der Waals surface area contributed by atoms with Crippen molar-refractivity contribution < 1.29 is 4.79 Å². The van der Waals surface area contributed by atoms with Crippen LogP contribution in [0.2, 0.25) is 0 Å². The normalized spacial score (nSPS) is 16.3. The Kier molecular flexibility index (Phi) is 5.00. The summed E-state index contributed by atoms with van der Waals surface area (Å²) in [4.78, 5) is 14.8. The van der Waals surface area contributed by atoms with Gasteiger partial charge in [0.2, 0.25) is 0 Å². The summed E-state index contributed by atoms with van der Waals surface area (Å²) in [6.07, 6.45) is 2.52. The zero-order valence-corrected chi connectivity index (χ0v) is 14.7. The van der Waals surface area contributed by atoms with Crippen molar-refractivity contribution >= 4 is 5.91 Å². The summed E-state index contributed by atoms with van der Waals surface area (Å²) in [6.45, 7) is 7.17. The standard InChI is InChI=1S/C19H26N4O/c1-14-6-8-16(9-7-14)18-12-17(21-22(18)3)19(24)20-13-15(2)23-10-4-5-11-23/h6-9,12,15H,4-5,10-11,13H2,1-3H3,(H,20,24). The molecular formula is C19H26N4O. The second kappa shape index (κ2) is 7.18. The van der Waals surface area contributed by atoms with E-state index in [-0.39, 0.29) is 5.91 Å². The molecule has 1 aliphatic heterocycles. The van der Waals surface area contributed by atoms with Crippen LogP contribution < -0.4 is 5.32 Å². The van der Waals surface area contributed by atoms with Gasteiger partial charge in [-0.25, -0.2) is 0 Å². The van der Waals surface area contributed by atoms with E-state index in [9.17, 15) is 4.79 Å². The van der Waals surface area contributed by atoms with Gasteiger partial charge in [-0.05, 0) is 51.4 Å². The van der Waals surface area contributed by atoms with Gasteiger partial charge in [-0.15, -0.1) is 0 Å². The molecule has 1 saturated heterocycles. The van der Waals surface area contributed by atoms with Gasteiger partial charge in [0.25, 0.3) is 5.91 Å². The van der Waals surface area contributed by atoms with E-state index in [0.717, 1.165) is 24.3 Å². The highest BCUT2D eigenvalue weighted by molar-refractivity contribution is 5.93. The van der Waals surface area contributed by atoms with Gasteiger partial charge >= 0.3 is 0 Å². The zero-order chi connectivity index (χ0) is 17.1. The first kappa shape index (κ1) is 16.7. The summed E-state index contributed by atoms with van der Waals surface area (Å²) >= 11 is 0. The molecular weight excluding hydrogens is 300 g/mol. The minimum Gasteiger partial charge on any atom is -0.349 e. The van der Waals surface area contributed by atoms with Gasteiger partial charge in [0.15, 0.2) is 5.69 Å². The van der Waals surface area contributed by atoms with E-state index in [1.54, 1.807) is 4.68 Å². The van der Waals surface area contributed by atoms with Crippen LogP contribution in [0.25, 0.3) is 11.3 Å². The monoisotopic (exact) mass is 326 g/mol. The Morgan fingerprint density at radius 2 is 1.92 bits per heavy atom. The number of carbonyl (C=O) groups is 1. The summed E-state index contributed by atoms with van der Waals surface area (Å²) in [6, 6.07) is 10.5. The maximum Gasteiger partial charge on any atom is 0.271 e. The number of carbonyl (C=O) groups excluding carboxylic acids is 1. The molecule has 0 bridgehead atoms. The van der Waals surface area contributed by atoms with Gasteiger partial charge in [-0.2, -0.15) is 5.10 Å². The second-order valence-corrected chi connectivity index (χ2v) is 6.71. The van der Waals surface area contributed by atoms with Crippen molar-refractivity contribution in [2.24, 2.45) is 7.05 Å². The van der Waals surface area contributed by atoms with Crippen molar-refractivity contribution in [3.63, 3.8) is 0 Å². The van der Waals surface area contributed by atoms with Crippen molar-refractivity contribution in [3.05, 3.63) is 41.6 Å². The van der Waals surface area contributed by atoms with Crippen LogP contribution in [0, 0.1) is 6.92 Å². The van der Waals surface area contributed by atoms with E-state index in [4.69, 9.17) is 0 Å². The molecule has 0 radical (unpaired) electrons. The van der Waals surface area contributed by atoms with Crippen molar-refractivity contribution in [1.29, 1.82) is 0 Å². The first-order valence-corrected chi connectivity index (χ1v) is 8.68. The molecule has 24 heavy (non-hydrogen) atoms. The van der Waals surface area contributed by atoms with E-state index in [1.165, 1.54) is 18.4 Å². The summed E-state index contributed by atoms with van der Waals surface area (Å²) in [5.41, 5.74) is 3.71. The molecule has 3 rings (SSSR count). The van der Waals surface area contributed by atoms with Gasteiger partial charge in [-0.3, -0.25) is 14.4 Å². The molecule has 1 atom stereocenters. The van der Waals surface area contributed by atoms with Gasteiger partial charge in [0.1, 0.15) is 0 Å². The molecule has 128 valence electrons. The number of rotatable bonds is 5. The lowest BCUT2D eigenvalue weighted by Crippen LogP contribution is -2.40. The van der Waals surface area contributed by atoms with Crippen molar-refractivity contribution in [1.82, 2.24) is 20.0 Å². The van der Waals surface area contributed by atoms with Crippen LogP contribution in [0.4, 0.5) is 0 Å². The SMILES string of the molecule is Cc1ccc(-c2cc(C(=O)NCC(C)N3CCCC3)nn2C)cc1. The van der Waals surface area contributed by atoms with Crippen LogP contribution in [0.15, 0.2) is 30.3 Å². The summed E-state index contributed by atoms with van der Waals surface area (Å²) in [7, 11) is 1.87. The number of aromatic nitrogens is 2. The van der Waals surface area contributed by atoms with Crippen molar-refractivity contribution in [2.75, 3.05) is 19.6 Å². The van der Waals surface area contributed by atoms with Crippen LogP contribution in [0.1, 0.15) is 35.8 Å². The summed E-state index contributed by atoms with van der Waals surface area (Å²) in [5, 5.41) is 7.40. The topological polar surface area (TPSA) is 50.2 Å². The number of benzene rings is 1. The third-order valence-corrected chi connectivity index (χ3v) is 4.78. The Balaban J connectivity index is 1.65. The van der Waals surface area contributed by atoms with Gasteiger partial charge in [0, 0.05) is 19.6 Å². The Bertz CT molecular complexity index is 699. The Labute approximate surface area is 143 Å². The minimum atomic E-state index is -0.102. The van der Waals surface area contributed by atoms with E-state index < -0.39 is 0 Å². The Morgan fingerprint density at radius 1 is 1.25 bits per heavy atom. The second-order valence-electron chi connectivity index (χ2n) is 6.71. The predicted molar refractivity (Wildman–Crippen MR) is 96.0 cm³/mol. The fourth-order valence-corrected chi connectivity index (χ4v) is 3.22. The molecule has 2 aromatic rings. The van der Waals surface area contributed by atoms with E-state index in [0.29, 0.717) is 18.3 Å². The van der Waals surface area contributed by atoms with E-state index in [1.807, 2.05) is 13.1 Å². The molecule has 1 amide bonds. The number of hydrogen-bond acceptors (Lipinski definition) is 3. The fraction of sp³-hybridized carbons (Fsp3) is 0.474. The summed E-state index contributed by atoms with van der Waals surface area (Å²) in [5.74, 6) is -0.102. The van der Waals surface area contributed by atoms with Crippen LogP contribution in [-0.2, 0) is 7.05 Å². The quantitative estimate of drug-likeness (QED) is 0.919. The molecule has 1 fully saturated rings. The van der Waals surface area contributed by atoms with Gasteiger partial charge in [0.05, 0.1) is 5.69 Å². The van der Waals surface area contributed by atoms with E-state index in [2.05, 4.69) is 53.4 Å².